The molecule has 3 heteroatoms. The Morgan fingerprint density at radius 3 is 2.50 bits per heavy atom. The molecule has 1 heterocycles. The van der Waals surface area contributed by atoms with E-state index in [1.807, 2.05) is 0 Å². The summed E-state index contributed by atoms with van der Waals surface area (Å²) < 4.78 is 4.04. The summed E-state index contributed by atoms with van der Waals surface area (Å²) in [4.78, 5) is 0. The van der Waals surface area contributed by atoms with Gasteiger partial charge in [0.25, 0.3) is 0 Å². The van der Waals surface area contributed by atoms with Gasteiger partial charge in [-0.3, -0.25) is 4.57 Å². The van der Waals surface area contributed by atoms with Crippen LogP contribution in [0.1, 0.15) is 13.8 Å². The summed E-state index contributed by atoms with van der Waals surface area (Å²) in [6.45, 7) is 9.96. The van der Waals surface area contributed by atoms with Crippen LogP contribution in [0.4, 0.5) is 0 Å². The van der Waals surface area contributed by atoms with Crippen molar-refractivity contribution in [1.29, 1.82) is 0 Å². The van der Waals surface area contributed by atoms with Crippen LogP contribution in [0.2, 0.25) is 0 Å². The third-order valence-corrected chi connectivity index (χ3v) is 5.32. The van der Waals surface area contributed by atoms with Crippen LogP contribution in [-0.2, 0) is 0 Å². The Kier molecular flexibility index (Phi) is 2.49. The molecule has 1 aliphatic rings. The van der Waals surface area contributed by atoms with Crippen LogP contribution in [0, 0.1) is 0 Å². The standard InChI is InChI=1S/C7H19N2Si/c1-4-8-6-7-9(3,5-2)10-8/h4-7,10H2,1-3H3/q+1. The Bertz CT molecular complexity index is 118. The van der Waals surface area contributed by atoms with Crippen molar-refractivity contribution in [2.75, 3.05) is 33.2 Å². The largest absolute Gasteiger partial charge is 0.377 e. The lowest BCUT2D eigenvalue weighted by Gasteiger charge is -2.28. The van der Waals surface area contributed by atoms with Crippen molar-refractivity contribution in [3.8, 4) is 0 Å². The quantitative estimate of drug-likeness (QED) is 0.504. The Hall–Kier alpha value is 0.137. The molecule has 0 amide bonds. The Morgan fingerprint density at radius 2 is 2.20 bits per heavy atom. The third-order valence-electron chi connectivity index (χ3n) is 2.71. The number of hydrogen-bond donors (Lipinski definition) is 0. The number of nitrogens with zero attached hydrogens (tertiary/aromatic N) is 2. The molecule has 0 aromatic rings. The topological polar surface area (TPSA) is 3.24 Å². The minimum atomic E-state index is 0.0455. The molecule has 0 aromatic heterocycles. The highest BCUT2D eigenvalue weighted by Crippen LogP contribution is 2.09. The zero-order valence-electron chi connectivity index (χ0n) is 7.43. The van der Waals surface area contributed by atoms with Crippen LogP contribution in [-0.4, -0.2) is 51.8 Å². The molecular formula is C7H19N2Si+. The monoisotopic (exact) mass is 159 g/mol. The fourth-order valence-corrected chi connectivity index (χ4v) is 3.45. The van der Waals surface area contributed by atoms with Crippen molar-refractivity contribution in [1.82, 2.24) is 4.57 Å². The molecule has 0 saturated carbocycles. The van der Waals surface area contributed by atoms with Gasteiger partial charge in [-0.15, -0.1) is 0 Å². The molecule has 1 aliphatic heterocycles. The first kappa shape index (κ1) is 8.24. The summed E-state index contributed by atoms with van der Waals surface area (Å²) >= 11 is 0. The molecule has 2 nitrogen and oxygen atoms in total. The highest BCUT2D eigenvalue weighted by Gasteiger charge is 2.30. The first-order valence-electron chi connectivity index (χ1n) is 4.26. The second-order valence-electron chi connectivity index (χ2n) is 3.51. The second-order valence-corrected chi connectivity index (χ2v) is 6.22. The van der Waals surface area contributed by atoms with Crippen molar-refractivity contribution in [2.45, 2.75) is 13.8 Å². The van der Waals surface area contributed by atoms with E-state index in [2.05, 4.69) is 25.5 Å². The maximum atomic E-state index is 2.66. The van der Waals surface area contributed by atoms with E-state index >= 15 is 0 Å². The van der Waals surface area contributed by atoms with Crippen LogP contribution in [0.5, 0.6) is 0 Å². The minimum Gasteiger partial charge on any atom is -0.377 e. The van der Waals surface area contributed by atoms with Crippen molar-refractivity contribution in [2.24, 2.45) is 0 Å². The van der Waals surface area contributed by atoms with E-state index < -0.39 is 0 Å². The third kappa shape index (κ3) is 1.59. The van der Waals surface area contributed by atoms with E-state index in [4.69, 9.17) is 0 Å². The molecule has 1 fully saturated rings. The molecule has 60 valence electrons. The lowest BCUT2D eigenvalue weighted by Crippen LogP contribution is -2.45. The molecule has 0 bridgehead atoms. The van der Waals surface area contributed by atoms with Gasteiger partial charge in [0.2, 0.25) is 0 Å². The number of likely N-dealkylation sites (N-methyl/N-ethyl adjacent to an activating group) is 2. The molecule has 0 N–H and O–H groups in total. The molecule has 1 unspecified atom stereocenters. The van der Waals surface area contributed by atoms with E-state index in [0.717, 1.165) is 0 Å². The summed E-state index contributed by atoms with van der Waals surface area (Å²) in [5.74, 6) is 0. The predicted octanol–water partition coefficient (Wildman–Crippen LogP) is -0.213. The maximum Gasteiger partial charge on any atom is 0.338 e. The van der Waals surface area contributed by atoms with Crippen molar-refractivity contribution >= 4 is 9.84 Å². The molecule has 0 aliphatic carbocycles. The van der Waals surface area contributed by atoms with Crippen LogP contribution in [0.3, 0.4) is 0 Å². The molecule has 0 aromatic carbocycles. The van der Waals surface area contributed by atoms with Crippen molar-refractivity contribution in [3.05, 3.63) is 0 Å². The molecule has 10 heavy (non-hydrogen) atoms. The fourth-order valence-electron chi connectivity index (χ4n) is 1.52. The lowest BCUT2D eigenvalue weighted by molar-refractivity contribution is -0.791. The Morgan fingerprint density at radius 1 is 1.50 bits per heavy atom. The molecular weight excluding hydrogens is 140 g/mol. The van der Waals surface area contributed by atoms with Crippen molar-refractivity contribution < 1.29 is 4.15 Å². The molecule has 1 atom stereocenters. The van der Waals surface area contributed by atoms with Gasteiger partial charge in [-0.2, -0.15) is 0 Å². The number of rotatable bonds is 2. The summed E-state index contributed by atoms with van der Waals surface area (Å²) in [6, 6.07) is 0. The average molecular weight is 159 g/mol. The van der Waals surface area contributed by atoms with Gasteiger partial charge in [-0.25, -0.2) is 0 Å². The van der Waals surface area contributed by atoms with Gasteiger partial charge in [-0.1, -0.05) is 6.92 Å². The van der Waals surface area contributed by atoms with Gasteiger partial charge in [0.15, 0.2) is 0 Å². The van der Waals surface area contributed by atoms with Crippen LogP contribution in [0.15, 0.2) is 0 Å². The van der Waals surface area contributed by atoms with Gasteiger partial charge in [0.05, 0.1) is 20.1 Å². The summed E-state index contributed by atoms with van der Waals surface area (Å²) in [5, 5.41) is 0. The van der Waals surface area contributed by atoms with Crippen molar-refractivity contribution in [3.63, 3.8) is 0 Å². The van der Waals surface area contributed by atoms with Gasteiger partial charge < -0.3 is 4.15 Å². The first-order valence-corrected chi connectivity index (χ1v) is 5.52. The van der Waals surface area contributed by atoms with Crippen LogP contribution in [0.25, 0.3) is 0 Å². The normalized spacial score (nSPS) is 37.5. The van der Waals surface area contributed by atoms with E-state index in [1.165, 1.54) is 30.3 Å². The summed E-state index contributed by atoms with van der Waals surface area (Å²) in [5.41, 5.74) is 0. The first-order chi connectivity index (χ1) is 4.70. The van der Waals surface area contributed by atoms with Gasteiger partial charge >= 0.3 is 9.84 Å². The van der Waals surface area contributed by atoms with E-state index in [1.54, 1.807) is 0 Å². The average Bonchev–Trinajstić information content (AvgIpc) is 2.33. The molecule has 0 spiro atoms. The predicted molar refractivity (Wildman–Crippen MR) is 47.4 cm³/mol. The zero-order chi connectivity index (χ0) is 7.61. The summed E-state index contributed by atoms with van der Waals surface area (Å²) in [6.07, 6.45) is 0. The molecule has 1 saturated heterocycles. The highest BCUT2D eigenvalue weighted by molar-refractivity contribution is 6.23. The second kappa shape index (κ2) is 3.03. The van der Waals surface area contributed by atoms with Gasteiger partial charge in [0.1, 0.15) is 0 Å². The number of quaternary nitrogens is 1. The Balaban J connectivity index is 2.41. The van der Waals surface area contributed by atoms with E-state index in [0.29, 0.717) is 0 Å². The molecule has 1 rings (SSSR count). The minimum absolute atomic E-state index is 0.0455. The SMILES string of the molecule is CCN1CC[N+](C)(CC)[SiH2]1. The lowest BCUT2D eigenvalue weighted by atomic mass is 10.5. The Labute approximate surface area is 66.4 Å². The fraction of sp³-hybridized carbons (Fsp3) is 1.00. The van der Waals surface area contributed by atoms with Crippen LogP contribution < -0.4 is 0 Å². The highest BCUT2D eigenvalue weighted by atomic mass is 28.2. The summed E-state index contributed by atoms with van der Waals surface area (Å²) in [7, 11) is 2.45. The van der Waals surface area contributed by atoms with Gasteiger partial charge in [-0.05, 0) is 13.5 Å². The van der Waals surface area contributed by atoms with E-state index in [-0.39, 0.29) is 9.84 Å². The zero-order valence-corrected chi connectivity index (χ0v) is 8.84. The smallest absolute Gasteiger partial charge is 0.338 e. The van der Waals surface area contributed by atoms with E-state index in [9.17, 15) is 0 Å². The van der Waals surface area contributed by atoms with Gasteiger partial charge in [0, 0.05) is 6.54 Å². The van der Waals surface area contributed by atoms with Crippen LogP contribution >= 0.6 is 0 Å². The molecule has 0 radical (unpaired) electrons. The number of hydrogen-bond acceptors (Lipinski definition) is 1. The maximum absolute atomic E-state index is 2.66.